The van der Waals surface area contributed by atoms with Crippen LogP contribution in [0.4, 0.5) is 4.39 Å². The van der Waals surface area contributed by atoms with Gasteiger partial charge >= 0.3 is 0 Å². The van der Waals surface area contributed by atoms with E-state index in [1.54, 1.807) is 12.3 Å². The molecule has 22 heavy (non-hydrogen) atoms. The predicted molar refractivity (Wildman–Crippen MR) is 91.3 cm³/mol. The summed E-state index contributed by atoms with van der Waals surface area (Å²) in [6.07, 6.45) is 1.73. The van der Waals surface area contributed by atoms with Crippen LogP contribution in [0.1, 0.15) is 18.6 Å². The lowest BCUT2D eigenvalue weighted by atomic mass is 10.0. The van der Waals surface area contributed by atoms with Gasteiger partial charge in [-0.15, -0.1) is 0 Å². The highest BCUT2D eigenvalue weighted by molar-refractivity contribution is 5.67. The van der Waals surface area contributed by atoms with Gasteiger partial charge in [0.05, 0.1) is 0 Å². The average Bonchev–Trinajstić information content (AvgIpc) is 2.49. The molecule has 112 valence electrons. The van der Waals surface area contributed by atoms with Crippen LogP contribution in [-0.4, -0.2) is 4.98 Å². The molecule has 1 nitrogen and oxygen atoms in total. The fourth-order valence-corrected chi connectivity index (χ4v) is 2.27. The molecule has 0 bridgehead atoms. The van der Waals surface area contributed by atoms with Crippen LogP contribution in [0.15, 0.2) is 60.8 Å². The van der Waals surface area contributed by atoms with Gasteiger partial charge in [-0.25, -0.2) is 4.39 Å². The zero-order chi connectivity index (χ0) is 14.8. The van der Waals surface area contributed by atoms with Gasteiger partial charge in [0.15, 0.2) is 0 Å². The van der Waals surface area contributed by atoms with Gasteiger partial charge in [-0.3, -0.25) is 4.98 Å². The molecule has 0 amide bonds. The molecule has 2 heteroatoms. The Balaban J connectivity index is 0.00000176. The smallest absolute Gasteiger partial charge is 0.150 e. The lowest BCUT2D eigenvalue weighted by molar-refractivity contribution is 0.626. The van der Waals surface area contributed by atoms with E-state index in [1.807, 2.05) is 62.4 Å². The van der Waals surface area contributed by atoms with Crippen molar-refractivity contribution in [3.8, 4) is 22.4 Å². The van der Waals surface area contributed by atoms with E-state index in [4.69, 9.17) is 0 Å². The SMILES string of the molecule is C.Cc1ccc(-c2cnc(-c3ccc(C)cc3)c(F)c2)cc1. The molecule has 3 aromatic rings. The molecular weight excluding hydrogens is 273 g/mol. The highest BCUT2D eigenvalue weighted by atomic mass is 19.1. The van der Waals surface area contributed by atoms with Crippen LogP contribution >= 0.6 is 0 Å². The van der Waals surface area contributed by atoms with Crippen molar-refractivity contribution in [2.24, 2.45) is 0 Å². The summed E-state index contributed by atoms with van der Waals surface area (Å²) in [4.78, 5) is 4.30. The predicted octanol–water partition coefficient (Wildman–Crippen LogP) is 5.81. The summed E-state index contributed by atoms with van der Waals surface area (Å²) in [5.74, 6) is -0.295. The Morgan fingerprint density at radius 2 is 1.23 bits per heavy atom. The highest BCUT2D eigenvalue weighted by Crippen LogP contribution is 2.26. The minimum Gasteiger partial charge on any atom is -0.253 e. The maximum atomic E-state index is 14.3. The van der Waals surface area contributed by atoms with Crippen molar-refractivity contribution < 1.29 is 4.39 Å². The molecule has 0 fully saturated rings. The first-order valence-electron chi connectivity index (χ1n) is 6.93. The van der Waals surface area contributed by atoms with E-state index < -0.39 is 0 Å². The van der Waals surface area contributed by atoms with E-state index in [0.717, 1.165) is 22.3 Å². The first kappa shape index (κ1) is 15.9. The number of hydrogen-bond acceptors (Lipinski definition) is 1. The van der Waals surface area contributed by atoms with Crippen molar-refractivity contribution in [3.05, 3.63) is 77.7 Å². The van der Waals surface area contributed by atoms with Crippen molar-refractivity contribution in [3.63, 3.8) is 0 Å². The molecule has 3 rings (SSSR count). The molecule has 0 radical (unpaired) electrons. The van der Waals surface area contributed by atoms with E-state index in [9.17, 15) is 4.39 Å². The first-order valence-corrected chi connectivity index (χ1v) is 6.93. The molecule has 0 atom stereocenters. The molecule has 0 unspecified atom stereocenters. The Morgan fingerprint density at radius 1 is 0.727 bits per heavy atom. The van der Waals surface area contributed by atoms with Crippen molar-refractivity contribution in [1.82, 2.24) is 4.98 Å². The number of pyridine rings is 1. The minimum atomic E-state index is -0.295. The Morgan fingerprint density at radius 3 is 1.73 bits per heavy atom. The van der Waals surface area contributed by atoms with Crippen molar-refractivity contribution in [2.75, 3.05) is 0 Å². The van der Waals surface area contributed by atoms with Gasteiger partial charge in [-0.05, 0) is 25.5 Å². The van der Waals surface area contributed by atoms with Crippen molar-refractivity contribution in [1.29, 1.82) is 0 Å². The molecule has 1 heterocycles. The second-order valence-electron chi connectivity index (χ2n) is 5.29. The molecule has 1 aromatic heterocycles. The number of nitrogens with zero attached hydrogens (tertiary/aromatic N) is 1. The van der Waals surface area contributed by atoms with Gasteiger partial charge in [-0.2, -0.15) is 0 Å². The zero-order valence-corrected chi connectivity index (χ0v) is 12.1. The summed E-state index contributed by atoms with van der Waals surface area (Å²) in [7, 11) is 0. The maximum Gasteiger partial charge on any atom is 0.150 e. The third-order valence-electron chi connectivity index (χ3n) is 3.55. The second kappa shape index (κ2) is 6.52. The van der Waals surface area contributed by atoms with E-state index in [2.05, 4.69) is 4.98 Å². The summed E-state index contributed by atoms with van der Waals surface area (Å²) >= 11 is 0. The molecule has 0 aliphatic carbocycles. The van der Waals surface area contributed by atoms with Crippen molar-refractivity contribution >= 4 is 0 Å². The molecule has 0 saturated carbocycles. The topological polar surface area (TPSA) is 12.9 Å². The molecule has 0 aliphatic rings. The summed E-state index contributed by atoms with van der Waals surface area (Å²) in [6.45, 7) is 4.04. The molecule has 0 saturated heterocycles. The molecule has 0 aliphatic heterocycles. The van der Waals surface area contributed by atoms with E-state index in [0.29, 0.717) is 5.69 Å². The van der Waals surface area contributed by atoms with Gasteiger partial charge in [0, 0.05) is 17.3 Å². The molecule has 0 N–H and O–H groups in total. The van der Waals surface area contributed by atoms with Crippen LogP contribution in [0.25, 0.3) is 22.4 Å². The van der Waals surface area contributed by atoms with Gasteiger partial charge in [-0.1, -0.05) is 67.1 Å². The second-order valence-corrected chi connectivity index (χ2v) is 5.29. The fraction of sp³-hybridized carbons (Fsp3) is 0.150. The summed E-state index contributed by atoms with van der Waals surface area (Å²) < 4.78 is 14.3. The van der Waals surface area contributed by atoms with Crippen LogP contribution in [0.3, 0.4) is 0 Å². The summed E-state index contributed by atoms with van der Waals surface area (Å²) in [5.41, 5.74) is 5.30. The number of benzene rings is 2. The van der Waals surface area contributed by atoms with E-state index >= 15 is 0 Å². The maximum absolute atomic E-state index is 14.3. The largest absolute Gasteiger partial charge is 0.253 e. The van der Waals surface area contributed by atoms with E-state index in [1.165, 1.54) is 5.56 Å². The van der Waals surface area contributed by atoms with Crippen LogP contribution in [0.5, 0.6) is 0 Å². The Hall–Kier alpha value is -2.48. The number of rotatable bonds is 2. The number of hydrogen-bond donors (Lipinski definition) is 0. The lowest BCUT2D eigenvalue weighted by Crippen LogP contribution is -1.91. The first-order chi connectivity index (χ1) is 10.1. The number of aromatic nitrogens is 1. The Labute approximate surface area is 131 Å². The summed E-state index contributed by atoms with van der Waals surface area (Å²) in [5, 5.41) is 0. The fourth-order valence-electron chi connectivity index (χ4n) is 2.27. The van der Waals surface area contributed by atoms with Crippen LogP contribution in [0.2, 0.25) is 0 Å². The summed E-state index contributed by atoms with van der Waals surface area (Å²) in [6, 6.07) is 17.3. The van der Waals surface area contributed by atoms with Gasteiger partial charge < -0.3 is 0 Å². The normalized spacial score (nSPS) is 10.1. The number of halogens is 1. The van der Waals surface area contributed by atoms with Crippen LogP contribution < -0.4 is 0 Å². The minimum absolute atomic E-state index is 0. The van der Waals surface area contributed by atoms with E-state index in [-0.39, 0.29) is 13.2 Å². The van der Waals surface area contributed by atoms with Gasteiger partial charge in [0.25, 0.3) is 0 Å². The molecular formula is C20H20FN. The monoisotopic (exact) mass is 293 g/mol. The van der Waals surface area contributed by atoms with Gasteiger partial charge in [0.1, 0.15) is 11.5 Å². The van der Waals surface area contributed by atoms with Crippen LogP contribution in [0, 0.1) is 19.7 Å². The third-order valence-corrected chi connectivity index (χ3v) is 3.55. The number of aryl methyl sites for hydroxylation is 2. The third kappa shape index (κ3) is 3.22. The zero-order valence-electron chi connectivity index (χ0n) is 12.1. The average molecular weight is 293 g/mol. The van der Waals surface area contributed by atoms with Crippen LogP contribution in [-0.2, 0) is 0 Å². The molecule has 0 spiro atoms. The molecule has 2 aromatic carbocycles. The lowest BCUT2D eigenvalue weighted by Gasteiger charge is -2.07. The highest BCUT2D eigenvalue weighted by Gasteiger charge is 2.08. The Kier molecular flexibility index (Phi) is 4.71. The Bertz CT molecular complexity index is 759. The standard InChI is InChI=1S/C19H16FN.CH4/c1-13-3-7-15(8-4-13)17-11-18(20)19(21-12-17)16-9-5-14(2)6-10-16;/h3-12H,1-2H3;1H4. The van der Waals surface area contributed by atoms with Gasteiger partial charge in [0.2, 0.25) is 0 Å². The quantitative estimate of drug-likeness (QED) is 0.581. The van der Waals surface area contributed by atoms with Crippen molar-refractivity contribution in [2.45, 2.75) is 21.3 Å².